The summed E-state index contributed by atoms with van der Waals surface area (Å²) >= 11 is 11.1. The van der Waals surface area contributed by atoms with Crippen molar-refractivity contribution in [2.75, 3.05) is 11.5 Å². The Hall–Kier alpha value is -2.70. The van der Waals surface area contributed by atoms with Crippen LogP contribution in [0.15, 0.2) is 54.1 Å². The highest BCUT2D eigenvalue weighted by atomic mass is 35.5. The first kappa shape index (κ1) is 20.0. The third kappa shape index (κ3) is 4.58. The van der Waals surface area contributed by atoms with Crippen LogP contribution in [0.25, 0.3) is 6.08 Å². The minimum atomic E-state index is -0.525. The molecule has 0 bridgehead atoms. The molecule has 7 heteroatoms. The second-order valence-corrected chi connectivity index (χ2v) is 7.03. The van der Waals surface area contributed by atoms with Crippen molar-refractivity contribution in [2.45, 2.75) is 19.8 Å². The largest absolute Gasteiger partial charge is 0.494 e. The summed E-state index contributed by atoms with van der Waals surface area (Å²) in [6.07, 6.45) is 3.59. The van der Waals surface area contributed by atoms with Crippen LogP contribution < -0.4 is 15.0 Å². The molecule has 5 nitrogen and oxygen atoms in total. The fourth-order valence-electron chi connectivity index (χ4n) is 2.64. The molecule has 0 aromatic heterocycles. The molecule has 1 fully saturated rings. The van der Waals surface area contributed by atoms with Gasteiger partial charge in [-0.2, -0.15) is 0 Å². The molecule has 2 amide bonds. The molecule has 1 N–H and O–H groups in total. The molecule has 1 heterocycles. The van der Waals surface area contributed by atoms with Crippen molar-refractivity contribution < 1.29 is 14.3 Å². The summed E-state index contributed by atoms with van der Waals surface area (Å²) in [5, 5.41) is 3.14. The summed E-state index contributed by atoms with van der Waals surface area (Å²) in [4.78, 5) is 26.5. The van der Waals surface area contributed by atoms with Crippen molar-refractivity contribution in [3.8, 4) is 5.75 Å². The van der Waals surface area contributed by atoms with Crippen LogP contribution in [-0.2, 0) is 9.59 Å². The van der Waals surface area contributed by atoms with E-state index in [4.69, 9.17) is 28.6 Å². The number of nitrogens with zero attached hydrogens (tertiary/aromatic N) is 1. The van der Waals surface area contributed by atoms with Crippen molar-refractivity contribution in [3.63, 3.8) is 0 Å². The van der Waals surface area contributed by atoms with E-state index in [9.17, 15) is 9.59 Å². The first-order valence-electron chi connectivity index (χ1n) is 8.89. The molecular formula is C21H19ClN2O3S. The monoisotopic (exact) mass is 414 g/mol. The van der Waals surface area contributed by atoms with Crippen LogP contribution in [-0.4, -0.2) is 23.5 Å². The minimum absolute atomic E-state index is 0.00296. The Bertz CT molecular complexity index is 924. The van der Waals surface area contributed by atoms with Crippen molar-refractivity contribution >= 4 is 52.5 Å². The summed E-state index contributed by atoms with van der Waals surface area (Å²) in [5.74, 6) is -0.262. The van der Waals surface area contributed by atoms with Gasteiger partial charge in [0.05, 0.1) is 12.3 Å². The van der Waals surface area contributed by atoms with Gasteiger partial charge in [0.1, 0.15) is 11.3 Å². The fraction of sp³-hybridized carbons (Fsp3) is 0.190. The third-order valence-corrected chi connectivity index (χ3v) is 4.68. The molecule has 0 radical (unpaired) electrons. The number of hydrogen-bond donors (Lipinski definition) is 1. The Morgan fingerprint density at radius 2 is 1.79 bits per heavy atom. The SMILES string of the molecule is CCCCOc1ccc(/C=C2/C(=O)NC(=S)N(c3ccc(Cl)cc3)C2=O)cc1. The number of halogens is 1. The number of thiocarbonyl (C=S) groups is 1. The molecule has 1 saturated heterocycles. The summed E-state index contributed by atoms with van der Waals surface area (Å²) in [5.41, 5.74) is 1.25. The van der Waals surface area contributed by atoms with Gasteiger partial charge >= 0.3 is 0 Å². The average molecular weight is 415 g/mol. The van der Waals surface area contributed by atoms with Crippen LogP contribution in [0, 0.1) is 0 Å². The quantitative estimate of drug-likeness (QED) is 0.330. The van der Waals surface area contributed by atoms with Gasteiger partial charge in [-0.3, -0.25) is 19.8 Å². The zero-order valence-electron chi connectivity index (χ0n) is 15.3. The molecule has 144 valence electrons. The smallest absolute Gasteiger partial charge is 0.270 e. The molecular weight excluding hydrogens is 396 g/mol. The second kappa shape index (κ2) is 8.99. The molecule has 3 rings (SSSR count). The number of benzene rings is 2. The summed E-state index contributed by atoms with van der Waals surface area (Å²) in [7, 11) is 0. The Morgan fingerprint density at radius 3 is 2.43 bits per heavy atom. The standard InChI is InChI=1S/C21H19ClN2O3S/c1-2-3-12-27-17-10-4-14(5-11-17)13-18-19(25)23-21(28)24(20(18)26)16-8-6-15(22)7-9-16/h4-11,13H,2-3,12H2,1H3,(H,23,25,28)/b18-13-. The maximum atomic E-state index is 12.9. The highest BCUT2D eigenvalue weighted by Crippen LogP contribution is 2.24. The molecule has 0 spiro atoms. The highest BCUT2D eigenvalue weighted by Gasteiger charge is 2.34. The molecule has 0 saturated carbocycles. The molecule has 2 aromatic carbocycles. The van der Waals surface area contributed by atoms with Crippen LogP contribution >= 0.6 is 23.8 Å². The lowest BCUT2D eigenvalue weighted by molar-refractivity contribution is -0.122. The molecule has 1 aliphatic rings. The summed E-state index contributed by atoms with van der Waals surface area (Å²) in [6.45, 7) is 2.76. The number of nitrogens with one attached hydrogen (secondary N) is 1. The van der Waals surface area contributed by atoms with Crippen LogP contribution in [0.2, 0.25) is 5.02 Å². The fourth-order valence-corrected chi connectivity index (χ4v) is 3.05. The lowest BCUT2D eigenvalue weighted by atomic mass is 10.1. The Morgan fingerprint density at radius 1 is 1.11 bits per heavy atom. The number of amides is 2. The van der Waals surface area contributed by atoms with Crippen molar-refractivity contribution in [2.24, 2.45) is 0 Å². The molecule has 0 unspecified atom stereocenters. The van der Waals surface area contributed by atoms with E-state index in [0.29, 0.717) is 22.9 Å². The highest BCUT2D eigenvalue weighted by molar-refractivity contribution is 7.80. The van der Waals surface area contributed by atoms with Gasteiger partial charge < -0.3 is 4.74 Å². The van der Waals surface area contributed by atoms with Gasteiger partial charge in [0.2, 0.25) is 0 Å². The van der Waals surface area contributed by atoms with Crippen molar-refractivity contribution in [3.05, 3.63) is 64.7 Å². The van der Waals surface area contributed by atoms with Crippen molar-refractivity contribution in [1.29, 1.82) is 0 Å². The van der Waals surface area contributed by atoms with Gasteiger partial charge in [-0.15, -0.1) is 0 Å². The second-order valence-electron chi connectivity index (χ2n) is 6.21. The van der Waals surface area contributed by atoms with E-state index in [2.05, 4.69) is 12.2 Å². The van der Waals surface area contributed by atoms with Gasteiger partial charge in [0.25, 0.3) is 11.8 Å². The molecule has 28 heavy (non-hydrogen) atoms. The molecule has 1 aliphatic heterocycles. The number of anilines is 1. The number of rotatable bonds is 6. The average Bonchev–Trinajstić information content (AvgIpc) is 2.68. The topological polar surface area (TPSA) is 58.6 Å². The zero-order valence-corrected chi connectivity index (χ0v) is 16.8. The number of carbonyl (C=O) groups is 2. The maximum absolute atomic E-state index is 12.9. The van der Waals surface area contributed by atoms with E-state index in [1.807, 2.05) is 12.1 Å². The first-order valence-corrected chi connectivity index (χ1v) is 9.68. The zero-order chi connectivity index (χ0) is 20.1. The number of ether oxygens (including phenoxy) is 1. The molecule has 2 aromatic rings. The number of carbonyl (C=O) groups excluding carboxylic acids is 2. The maximum Gasteiger partial charge on any atom is 0.270 e. The van der Waals surface area contributed by atoms with Gasteiger partial charge in [0, 0.05) is 5.02 Å². The van der Waals surface area contributed by atoms with Crippen LogP contribution in [0.5, 0.6) is 5.75 Å². The van der Waals surface area contributed by atoms with Gasteiger partial charge in [0.15, 0.2) is 5.11 Å². The van der Waals surface area contributed by atoms with E-state index in [1.54, 1.807) is 36.4 Å². The van der Waals surface area contributed by atoms with E-state index in [0.717, 1.165) is 18.6 Å². The molecule has 0 atom stereocenters. The van der Waals surface area contributed by atoms with E-state index >= 15 is 0 Å². The van der Waals surface area contributed by atoms with Crippen LogP contribution in [0.3, 0.4) is 0 Å². The Kier molecular flexibility index (Phi) is 6.44. The lowest BCUT2D eigenvalue weighted by Crippen LogP contribution is -2.54. The predicted octanol–water partition coefficient (Wildman–Crippen LogP) is 4.35. The van der Waals surface area contributed by atoms with Crippen molar-refractivity contribution in [1.82, 2.24) is 5.32 Å². The lowest BCUT2D eigenvalue weighted by Gasteiger charge is -2.28. The number of unbranched alkanes of at least 4 members (excludes halogenated alkanes) is 1. The Labute approximate surface area is 173 Å². The van der Waals surface area contributed by atoms with Crippen LogP contribution in [0.4, 0.5) is 5.69 Å². The molecule has 0 aliphatic carbocycles. The third-order valence-electron chi connectivity index (χ3n) is 4.14. The summed E-state index contributed by atoms with van der Waals surface area (Å²) in [6, 6.07) is 13.9. The van der Waals surface area contributed by atoms with E-state index in [1.165, 1.54) is 11.0 Å². The first-order chi connectivity index (χ1) is 13.5. The van der Waals surface area contributed by atoms with E-state index < -0.39 is 11.8 Å². The van der Waals surface area contributed by atoms with Gasteiger partial charge in [-0.1, -0.05) is 37.1 Å². The van der Waals surface area contributed by atoms with E-state index in [-0.39, 0.29) is 10.7 Å². The predicted molar refractivity (Wildman–Crippen MR) is 115 cm³/mol. The number of hydrogen-bond acceptors (Lipinski definition) is 4. The summed E-state index contributed by atoms with van der Waals surface area (Å²) < 4.78 is 5.63. The normalized spacial score (nSPS) is 15.7. The minimum Gasteiger partial charge on any atom is -0.494 e. The van der Waals surface area contributed by atoms with Crippen LogP contribution in [0.1, 0.15) is 25.3 Å². The van der Waals surface area contributed by atoms with Gasteiger partial charge in [-0.25, -0.2) is 0 Å². The Balaban J connectivity index is 1.83. The van der Waals surface area contributed by atoms with Gasteiger partial charge in [-0.05, 0) is 66.7 Å².